The van der Waals surface area contributed by atoms with Crippen LogP contribution in [0.25, 0.3) is 22.5 Å². The Morgan fingerprint density at radius 2 is 1.93 bits per heavy atom. The lowest BCUT2D eigenvalue weighted by atomic mass is 10.0. The minimum absolute atomic E-state index is 0.0288. The normalized spacial score (nSPS) is 18.3. The van der Waals surface area contributed by atoms with Gasteiger partial charge in [-0.05, 0) is 43.4 Å². The molecule has 2 fully saturated rings. The number of aromatic nitrogens is 3. The van der Waals surface area contributed by atoms with Crippen molar-refractivity contribution in [3.05, 3.63) is 66.2 Å². The van der Waals surface area contributed by atoms with Gasteiger partial charge in [0.15, 0.2) is 0 Å². The number of carbonyl (C=O) groups is 1. The maximum absolute atomic E-state index is 12.2. The highest BCUT2D eigenvalue weighted by atomic mass is 16.5. The molecule has 0 radical (unpaired) electrons. The van der Waals surface area contributed by atoms with Crippen molar-refractivity contribution >= 4 is 5.91 Å². The van der Waals surface area contributed by atoms with Gasteiger partial charge >= 0.3 is 0 Å². The van der Waals surface area contributed by atoms with Gasteiger partial charge in [-0.25, -0.2) is 9.97 Å². The van der Waals surface area contributed by atoms with E-state index in [4.69, 9.17) is 9.72 Å². The van der Waals surface area contributed by atoms with E-state index in [0.717, 1.165) is 59.6 Å². The monoisotopic (exact) mass is 400 g/mol. The number of ether oxygens (including phenoxy) is 1. The molecule has 6 nitrogen and oxygen atoms in total. The van der Waals surface area contributed by atoms with Crippen molar-refractivity contribution in [2.24, 2.45) is 0 Å². The zero-order chi connectivity index (χ0) is 20.3. The van der Waals surface area contributed by atoms with Gasteiger partial charge in [0.25, 0.3) is 0 Å². The number of benzene rings is 1. The fourth-order valence-corrected chi connectivity index (χ4v) is 3.73. The first-order chi connectivity index (χ1) is 14.8. The number of hydrogen-bond acceptors (Lipinski definition) is 5. The molecular weight excluding hydrogens is 376 g/mol. The van der Waals surface area contributed by atoms with Crippen LogP contribution >= 0.6 is 0 Å². The second-order valence-electron chi connectivity index (χ2n) is 7.90. The fourth-order valence-electron chi connectivity index (χ4n) is 3.73. The molecule has 1 atom stereocenters. The molecule has 1 N–H and O–H groups in total. The lowest BCUT2D eigenvalue weighted by Crippen LogP contribution is -2.33. The predicted molar refractivity (Wildman–Crippen MR) is 113 cm³/mol. The maximum atomic E-state index is 12.2. The quantitative estimate of drug-likeness (QED) is 0.680. The standard InChI is InChI=1S/C24H24N4O2/c29-24(21-5-3-13-30-21)27-14-16-6-8-17(9-7-16)22-19(20-4-1-2-12-25-20)15-26-23(28-22)18-10-11-18/h1-2,4,6-9,12,15,18,21H,3,5,10-11,13-14H2,(H,27,29). The number of nitrogens with zero attached hydrogens (tertiary/aromatic N) is 3. The van der Waals surface area contributed by atoms with Gasteiger partial charge in [-0.3, -0.25) is 9.78 Å². The van der Waals surface area contributed by atoms with Crippen LogP contribution in [0.5, 0.6) is 0 Å². The van der Waals surface area contributed by atoms with Gasteiger partial charge in [-0.15, -0.1) is 0 Å². The number of rotatable bonds is 6. The summed E-state index contributed by atoms with van der Waals surface area (Å²) in [6.07, 6.45) is 7.46. The minimum Gasteiger partial charge on any atom is -0.368 e. The molecule has 3 aromatic rings. The molecule has 1 unspecified atom stereocenters. The van der Waals surface area contributed by atoms with Gasteiger partial charge in [-0.1, -0.05) is 30.3 Å². The Kier molecular flexibility index (Phi) is 5.24. The molecule has 0 spiro atoms. The number of pyridine rings is 1. The molecule has 5 rings (SSSR count). The van der Waals surface area contributed by atoms with Crippen molar-refractivity contribution in [3.63, 3.8) is 0 Å². The first kappa shape index (κ1) is 18.9. The largest absolute Gasteiger partial charge is 0.368 e. The molecule has 1 aliphatic heterocycles. The van der Waals surface area contributed by atoms with E-state index in [-0.39, 0.29) is 12.0 Å². The highest BCUT2D eigenvalue weighted by molar-refractivity contribution is 5.81. The topological polar surface area (TPSA) is 77.0 Å². The third-order valence-corrected chi connectivity index (χ3v) is 5.61. The maximum Gasteiger partial charge on any atom is 0.249 e. The SMILES string of the molecule is O=C(NCc1ccc(-c2nc(C3CC3)ncc2-c2ccccn2)cc1)C1CCCO1. The van der Waals surface area contributed by atoms with Crippen molar-refractivity contribution in [1.29, 1.82) is 0 Å². The molecular formula is C24H24N4O2. The van der Waals surface area contributed by atoms with Crippen LogP contribution in [0.4, 0.5) is 0 Å². The lowest BCUT2D eigenvalue weighted by Gasteiger charge is -2.12. The highest BCUT2D eigenvalue weighted by Crippen LogP contribution is 2.40. The molecule has 152 valence electrons. The van der Waals surface area contributed by atoms with Gasteiger partial charge in [-0.2, -0.15) is 0 Å². The fraction of sp³-hybridized carbons (Fsp3) is 0.333. The summed E-state index contributed by atoms with van der Waals surface area (Å²) >= 11 is 0. The summed E-state index contributed by atoms with van der Waals surface area (Å²) in [5.74, 6) is 1.37. The summed E-state index contributed by atoms with van der Waals surface area (Å²) in [5, 5.41) is 2.97. The molecule has 1 amide bonds. The molecule has 1 saturated carbocycles. The summed E-state index contributed by atoms with van der Waals surface area (Å²) in [5.41, 5.74) is 4.76. The summed E-state index contributed by atoms with van der Waals surface area (Å²) in [6.45, 7) is 1.16. The third-order valence-electron chi connectivity index (χ3n) is 5.61. The average molecular weight is 400 g/mol. The molecule has 1 aromatic carbocycles. The Morgan fingerprint density at radius 1 is 1.07 bits per heavy atom. The van der Waals surface area contributed by atoms with Crippen molar-refractivity contribution < 1.29 is 9.53 Å². The Morgan fingerprint density at radius 3 is 2.63 bits per heavy atom. The molecule has 0 bridgehead atoms. The van der Waals surface area contributed by atoms with Crippen LogP contribution in [-0.4, -0.2) is 33.6 Å². The van der Waals surface area contributed by atoms with Crippen LogP contribution in [0, 0.1) is 0 Å². The Labute approximate surface area is 175 Å². The average Bonchev–Trinajstić information content (AvgIpc) is 3.51. The number of amides is 1. The van der Waals surface area contributed by atoms with Crippen molar-refractivity contribution in [2.75, 3.05) is 6.61 Å². The van der Waals surface area contributed by atoms with Crippen molar-refractivity contribution in [2.45, 2.75) is 44.2 Å². The van der Waals surface area contributed by atoms with Gasteiger partial charge in [0.2, 0.25) is 5.91 Å². The van der Waals surface area contributed by atoms with Crippen LogP contribution in [-0.2, 0) is 16.1 Å². The van der Waals surface area contributed by atoms with Crippen LogP contribution < -0.4 is 5.32 Å². The van der Waals surface area contributed by atoms with Gasteiger partial charge in [0, 0.05) is 42.6 Å². The summed E-state index contributed by atoms with van der Waals surface area (Å²) < 4.78 is 5.44. The minimum atomic E-state index is -0.299. The van der Waals surface area contributed by atoms with E-state index in [9.17, 15) is 4.79 Å². The molecule has 1 aliphatic carbocycles. The molecule has 2 aliphatic rings. The zero-order valence-electron chi connectivity index (χ0n) is 16.8. The highest BCUT2D eigenvalue weighted by Gasteiger charge is 2.28. The van der Waals surface area contributed by atoms with E-state index in [0.29, 0.717) is 19.1 Å². The second kappa shape index (κ2) is 8.32. The van der Waals surface area contributed by atoms with Crippen LogP contribution in [0.1, 0.15) is 43.0 Å². The number of hydrogen-bond donors (Lipinski definition) is 1. The van der Waals surface area contributed by atoms with E-state index in [1.165, 1.54) is 0 Å². The van der Waals surface area contributed by atoms with E-state index in [1.807, 2.05) is 36.5 Å². The van der Waals surface area contributed by atoms with E-state index >= 15 is 0 Å². The number of carbonyl (C=O) groups excluding carboxylic acids is 1. The first-order valence-electron chi connectivity index (χ1n) is 10.5. The molecule has 6 heteroatoms. The molecule has 30 heavy (non-hydrogen) atoms. The van der Waals surface area contributed by atoms with E-state index in [1.54, 1.807) is 6.20 Å². The van der Waals surface area contributed by atoms with Crippen LogP contribution in [0.3, 0.4) is 0 Å². The smallest absolute Gasteiger partial charge is 0.249 e. The second-order valence-corrected chi connectivity index (χ2v) is 7.90. The van der Waals surface area contributed by atoms with Crippen LogP contribution in [0.2, 0.25) is 0 Å². The van der Waals surface area contributed by atoms with E-state index in [2.05, 4.69) is 27.4 Å². The summed E-state index contributed by atoms with van der Waals surface area (Å²) in [6, 6.07) is 14.0. The van der Waals surface area contributed by atoms with Crippen LogP contribution in [0.15, 0.2) is 54.9 Å². The number of nitrogens with one attached hydrogen (secondary N) is 1. The summed E-state index contributed by atoms with van der Waals surface area (Å²) in [7, 11) is 0. The molecule has 3 heterocycles. The first-order valence-corrected chi connectivity index (χ1v) is 10.5. The Bertz CT molecular complexity index is 1030. The van der Waals surface area contributed by atoms with Gasteiger partial charge in [0.1, 0.15) is 11.9 Å². The lowest BCUT2D eigenvalue weighted by molar-refractivity contribution is -0.130. The zero-order valence-corrected chi connectivity index (χ0v) is 16.8. The van der Waals surface area contributed by atoms with Crippen molar-refractivity contribution in [1.82, 2.24) is 20.3 Å². The Balaban J connectivity index is 1.38. The molecule has 2 aromatic heterocycles. The van der Waals surface area contributed by atoms with Crippen molar-refractivity contribution in [3.8, 4) is 22.5 Å². The predicted octanol–water partition coefficient (Wildman–Crippen LogP) is 3.88. The summed E-state index contributed by atoms with van der Waals surface area (Å²) in [4.78, 5) is 26.1. The molecule has 1 saturated heterocycles. The van der Waals surface area contributed by atoms with E-state index < -0.39 is 0 Å². The van der Waals surface area contributed by atoms with Gasteiger partial charge in [0.05, 0.1) is 11.4 Å². The van der Waals surface area contributed by atoms with Gasteiger partial charge < -0.3 is 10.1 Å². The Hall–Kier alpha value is -3.12. The third kappa shape index (κ3) is 4.09.